The number of anilines is 1. The van der Waals surface area contributed by atoms with Gasteiger partial charge in [0.15, 0.2) is 23.9 Å². The maximum Gasteiger partial charge on any atom is 0.306 e. The first kappa shape index (κ1) is 21.7. The Morgan fingerprint density at radius 2 is 1.81 bits per heavy atom. The number of hydrogen-bond acceptors (Lipinski definition) is 8. The number of halogens is 1. The van der Waals surface area contributed by atoms with Crippen LogP contribution in [-0.4, -0.2) is 42.4 Å². The van der Waals surface area contributed by atoms with Crippen molar-refractivity contribution in [2.45, 2.75) is 12.8 Å². The third-order valence-electron chi connectivity index (χ3n) is 4.22. The molecule has 1 aliphatic heterocycles. The van der Waals surface area contributed by atoms with Gasteiger partial charge in [0.2, 0.25) is 0 Å². The topological polar surface area (TPSA) is 134 Å². The first-order valence-corrected chi connectivity index (χ1v) is 9.16. The number of nitrogens with one attached hydrogen (secondary N) is 1. The Morgan fingerprint density at radius 3 is 2.55 bits per heavy atom. The molecule has 0 aromatic heterocycles. The number of rotatable bonds is 8. The molecule has 1 heterocycles. The maximum atomic E-state index is 13.7. The average molecular weight is 432 g/mol. The fourth-order valence-corrected chi connectivity index (χ4v) is 2.70. The average Bonchev–Trinajstić information content (AvgIpc) is 2.77. The third kappa shape index (κ3) is 5.75. The van der Waals surface area contributed by atoms with Gasteiger partial charge in [-0.1, -0.05) is 0 Å². The number of carbonyl (C=O) groups is 3. The van der Waals surface area contributed by atoms with E-state index in [0.717, 1.165) is 18.2 Å². The highest BCUT2D eigenvalue weighted by molar-refractivity contribution is 5.98. The van der Waals surface area contributed by atoms with Crippen molar-refractivity contribution in [1.29, 1.82) is 0 Å². The van der Waals surface area contributed by atoms with E-state index in [0.29, 0.717) is 30.3 Å². The Morgan fingerprint density at radius 1 is 1.06 bits per heavy atom. The molecule has 1 amide bonds. The minimum absolute atomic E-state index is 0.153. The summed E-state index contributed by atoms with van der Waals surface area (Å²) in [7, 11) is 0. The normalized spacial score (nSPS) is 12.0. The number of nitro benzene ring substituents is 1. The maximum absolute atomic E-state index is 13.7. The number of ketones is 1. The molecule has 0 saturated heterocycles. The van der Waals surface area contributed by atoms with Crippen LogP contribution >= 0.6 is 0 Å². The van der Waals surface area contributed by atoms with Crippen LogP contribution in [0.3, 0.4) is 0 Å². The van der Waals surface area contributed by atoms with E-state index in [4.69, 9.17) is 14.2 Å². The third-order valence-corrected chi connectivity index (χ3v) is 4.22. The zero-order valence-corrected chi connectivity index (χ0v) is 16.1. The molecule has 0 spiro atoms. The van der Waals surface area contributed by atoms with Crippen LogP contribution in [0.15, 0.2) is 36.4 Å². The number of carbonyl (C=O) groups excluding carboxylic acids is 3. The summed E-state index contributed by atoms with van der Waals surface area (Å²) in [6.07, 6.45) is -0.425. The molecule has 11 heteroatoms. The standard InChI is InChI=1S/C20H17FN2O8/c21-14-3-2-13(23(27)28)10-15(14)22-19(25)11-31-20(26)6-4-16(24)12-1-5-17-18(9-12)30-8-7-29-17/h1-3,5,9-10H,4,6-8,11H2,(H,22,25). The lowest BCUT2D eigenvalue weighted by Gasteiger charge is -2.18. The lowest BCUT2D eigenvalue weighted by Crippen LogP contribution is -2.21. The van der Waals surface area contributed by atoms with Crippen molar-refractivity contribution in [3.63, 3.8) is 0 Å². The minimum Gasteiger partial charge on any atom is -0.486 e. The summed E-state index contributed by atoms with van der Waals surface area (Å²) in [5, 5.41) is 12.8. The highest BCUT2D eigenvalue weighted by Crippen LogP contribution is 2.31. The van der Waals surface area contributed by atoms with Crippen LogP contribution in [0.25, 0.3) is 0 Å². The fourth-order valence-electron chi connectivity index (χ4n) is 2.70. The Kier molecular flexibility index (Phi) is 6.75. The van der Waals surface area contributed by atoms with Crippen molar-refractivity contribution < 1.29 is 37.9 Å². The number of benzene rings is 2. The van der Waals surface area contributed by atoms with E-state index in [1.54, 1.807) is 12.1 Å². The zero-order valence-electron chi connectivity index (χ0n) is 16.1. The highest BCUT2D eigenvalue weighted by atomic mass is 19.1. The molecule has 31 heavy (non-hydrogen) atoms. The van der Waals surface area contributed by atoms with E-state index in [2.05, 4.69) is 5.32 Å². The van der Waals surface area contributed by atoms with Crippen LogP contribution in [0.1, 0.15) is 23.2 Å². The summed E-state index contributed by atoms with van der Waals surface area (Å²) < 4.78 is 29.2. The van der Waals surface area contributed by atoms with Crippen molar-refractivity contribution in [1.82, 2.24) is 0 Å². The molecule has 0 bridgehead atoms. The van der Waals surface area contributed by atoms with Crippen LogP contribution in [0.2, 0.25) is 0 Å². The summed E-state index contributed by atoms with van der Waals surface area (Å²) in [6, 6.07) is 7.33. The molecular formula is C20H17FN2O8. The SMILES string of the molecule is O=C(COC(=O)CCC(=O)c1ccc2c(c1)OCCO2)Nc1cc([N+](=O)[O-])ccc1F. The molecule has 2 aromatic rings. The quantitative estimate of drug-likeness (QED) is 0.291. The largest absolute Gasteiger partial charge is 0.486 e. The molecule has 0 saturated carbocycles. The molecule has 10 nitrogen and oxygen atoms in total. The Balaban J connectivity index is 1.46. The van der Waals surface area contributed by atoms with Gasteiger partial charge >= 0.3 is 5.97 Å². The summed E-state index contributed by atoms with van der Waals surface area (Å²) >= 11 is 0. The van der Waals surface area contributed by atoms with Crippen molar-refractivity contribution >= 4 is 29.0 Å². The Labute approximate surface area is 175 Å². The Hall–Kier alpha value is -4.02. The molecule has 0 aliphatic carbocycles. The van der Waals surface area contributed by atoms with E-state index >= 15 is 0 Å². The first-order valence-electron chi connectivity index (χ1n) is 9.16. The number of nitro groups is 1. The summed E-state index contributed by atoms with van der Waals surface area (Å²) in [4.78, 5) is 45.9. The van der Waals surface area contributed by atoms with Crippen molar-refractivity contribution in [2.24, 2.45) is 0 Å². The molecular weight excluding hydrogens is 415 g/mol. The van der Waals surface area contributed by atoms with Crippen molar-refractivity contribution in [3.8, 4) is 11.5 Å². The predicted molar refractivity (Wildman–Crippen MR) is 104 cm³/mol. The second-order valence-corrected chi connectivity index (χ2v) is 6.41. The van der Waals surface area contributed by atoms with E-state index in [1.165, 1.54) is 6.07 Å². The second-order valence-electron chi connectivity index (χ2n) is 6.41. The van der Waals surface area contributed by atoms with Crippen LogP contribution in [0.4, 0.5) is 15.8 Å². The van der Waals surface area contributed by atoms with Crippen LogP contribution in [0, 0.1) is 15.9 Å². The van der Waals surface area contributed by atoms with Gasteiger partial charge in [-0.15, -0.1) is 0 Å². The lowest BCUT2D eigenvalue weighted by atomic mass is 10.1. The number of esters is 1. The molecule has 1 N–H and O–H groups in total. The summed E-state index contributed by atoms with van der Waals surface area (Å²) in [5.74, 6) is -1.91. The number of nitrogens with zero attached hydrogens (tertiary/aromatic N) is 1. The van der Waals surface area contributed by atoms with E-state index in [-0.39, 0.29) is 18.6 Å². The predicted octanol–water partition coefficient (Wildman–Crippen LogP) is 2.65. The van der Waals surface area contributed by atoms with Gasteiger partial charge in [-0.3, -0.25) is 24.5 Å². The van der Waals surface area contributed by atoms with Crippen molar-refractivity contribution in [2.75, 3.05) is 25.1 Å². The molecule has 0 unspecified atom stereocenters. The number of ether oxygens (including phenoxy) is 3. The van der Waals surface area contributed by atoms with Gasteiger partial charge in [0.05, 0.1) is 17.0 Å². The van der Waals surface area contributed by atoms with Crippen LogP contribution in [0.5, 0.6) is 11.5 Å². The van der Waals surface area contributed by atoms with Gasteiger partial charge in [0.25, 0.3) is 11.6 Å². The molecule has 1 aliphatic rings. The van der Waals surface area contributed by atoms with Gasteiger partial charge in [-0.2, -0.15) is 0 Å². The number of amides is 1. The van der Waals surface area contributed by atoms with Crippen molar-refractivity contribution in [3.05, 3.63) is 57.9 Å². The second kappa shape index (κ2) is 9.65. The van der Waals surface area contributed by atoms with E-state index in [9.17, 15) is 28.9 Å². The number of Topliss-reactive ketones (excluding diaryl/α,β-unsaturated/α-hetero) is 1. The smallest absolute Gasteiger partial charge is 0.306 e. The summed E-state index contributed by atoms with van der Waals surface area (Å²) in [6.45, 7) is 0.0615. The van der Waals surface area contributed by atoms with Crippen LogP contribution in [-0.2, 0) is 14.3 Å². The van der Waals surface area contributed by atoms with E-state index in [1.807, 2.05) is 0 Å². The van der Waals surface area contributed by atoms with Gasteiger partial charge in [0.1, 0.15) is 19.0 Å². The number of non-ortho nitro benzene ring substituents is 1. The van der Waals surface area contributed by atoms with Gasteiger partial charge in [-0.25, -0.2) is 4.39 Å². The molecule has 3 rings (SSSR count). The highest BCUT2D eigenvalue weighted by Gasteiger charge is 2.17. The van der Waals surface area contributed by atoms with Crippen LogP contribution < -0.4 is 14.8 Å². The van der Waals surface area contributed by atoms with Gasteiger partial charge in [0, 0.05) is 24.1 Å². The zero-order chi connectivity index (χ0) is 22.4. The molecule has 0 fully saturated rings. The number of fused-ring (bicyclic) bond motifs is 1. The monoisotopic (exact) mass is 432 g/mol. The number of hydrogen-bond donors (Lipinski definition) is 1. The lowest BCUT2D eigenvalue weighted by molar-refractivity contribution is -0.384. The molecule has 0 atom stereocenters. The summed E-state index contributed by atoms with van der Waals surface area (Å²) in [5.41, 5.74) is -0.480. The minimum atomic E-state index is -0.883. The molecule has 0 radical (unpaired) electrons. The Bertz CT molecular complexity index is 1040. The molecule has 2 aromatic carbocycles. The van der Waals surface area contributed by atoms with Gasteiger partial charge in [-0.05, 0) is 24.3 Å². The van der Waals surface area contributed by atoms with E-state index < -0.39 is 40.6 Å². The fraction of sp³-hybridized carbons (Fsp3) is 0.250. The van der Waals surface area contributed by atoms with Gasteiger partial charge < -0.3 is 19.5 Å². The first-order chi connectivity index (χ1) is 14.8. The molecule has 162 valence electrons.